The Morgan fingerprint density at radius 2 is 1.05 bits per heavy atom. The first-order valence-electron chi connectivity index (χ1n) is 7.73. The number of thiol groups is 3. The molecule has 0 aliphatic heterocycles. The smallest absolute Gasteiger partial charge is 0.104 e. The summed E-state index contributed by atoms with van der Waals surface area (Å²) < 4.78 is 17.1. The van der Waals surface area contributed by atoms with Crippen molar-refractivity contribution in [3.05, 3.63) is 0 Å². The van der Waals surface area contributed by atoms with E-state index in [-0.39, 0.29) is 6.10 Å². The molecule has 0 aromatic heterocycles. The monoisotopic (exact) mass is 356 g/mol. The average molecular weight is 357 g/mol. The van der Waals surface area contributed by atoms with Crippen LogP contribution < -0.4 is 0 Å². The lowest BCUT2D eigenvalue weighted by Crippen LogP contribution is -2.27. The number of ether oxygens (including phenoxy) is 3. The SMILES string of the molecule is CC(S)CCOCC(COCCC(C)S)OCCC(C)S. The second kappa shape index (κ2) is 14.5. The molecule has 0 amide bonds. The van der Waals surface area contributed by atoms with Crippen LogP contribution in [0.4, 0.5) is 0 Å². The van der Waals surface area contributed by atoms with Crippen LogP contribution >= 0.6 is 37.9 Å². The van der Waals surface area contributed by atoms with Crippen molar-refractivity contribution in [1.82, 2.24) is 0 Å². The van der Waals surface area contributed by atoms with Crippen LogP contribution in [0, 0.1) is 0 Å². The normalized spacial score (nSPS) is 17.4. The van der Waals surface area contributed by atoms with Crippen LogP contribution in [0.3, 0.4) is 0 Å². The van der Waals surface area contributed by atoms with Crippen molar-refractivity contribution in [3.8, 4) is 0 Å². The van der Waals surface area contributed by atoms with Gasteiger partial charge in [0.25, 0.3) is 0 Å². The molecule has 0 N–H and O–H groups in total. The van der Waals surface area contributed by atoms with Gasteiger partial charge in [0, 0.05) is 35.6 Å². The molecule has 0 rings (SSSR count). The summed E-state index contributed by atoms with van der Waals surface area (Å²) in [7, 11) is 0. The molecule has 3 atom stereocenters. The Kier molecular flexibility index (Phi) is 15.2. The fraction of sp³-hybridized carbons (Fsp3) is 1.00. The van der Waals surface area contributed by atoms with E-state index in [1.807, 2.05) is 0 Å². The first-order valence-corrected chi connectivity index (χ1v) is 9.28. The minimum atomic E-state index is -0.0115. The van der Waals surface area contributed by atoms with Gasteiger partial charge in [0.1, 0.15) is 6.10 Å². The Labute approximate surface area is 147 Å². The van der Waals surface area contributed by atoms with Crippen molar-refractivity contribution in [1.29, 1.82) is 0 Å². The lowest BCUT2D eigenvalue weighted by molar-refractivity contribution is -0.0606. The molecule has 3 nitrogen and oxygen atoms in total. The van der Waals surface area contributed by atoms with Crippen molar-refractivity contribution < 1.29 is 14.2 Å². The number of rotatable bonds is 14. The Morgan fingerprint density at radius 1 is 0.667 bits per heavy atom. The zero-order chi connectivity index (χ0) is 16.1. The van der Waals surface area contributed by atoms with Crippen LogP contribution in [-0.2, 0) is 14.2 Å². The van der Waals surface area contributed by atoms with Gasteiger partial charge in [0.15, 0.2) is 0 Å². The Balaban J connectivity index is 3.85. The van der Waals surface area contributed by atoms with Gasteiger partial charge in [-0.25, -0.2) is 0 Å². The van der Waals surface area contributed by atoms with Gasteiger partial charge in [-0.1, -0.05) is 20.8 Å². The molecule has 0 spiro atoms. The van der Waals surface area contributed by atoms with Gasteiger partial charge >= 0.3 is 0 Å². The summed E-state index contributed by atoms with van der Waals surface area (Å²) in [5, 5.41) is 1.08. The highest BCUT2D eigenvalue weighted by atomic mass is 32.1. The highest BCUT2D eigenvalue weighted by molar-refractivity contribution is 7.81. The summed E-state index contributed by atoms with van der Waals surface area (Å²) in [6.07, 6.45) is 2.81. The predicted octanol–water partition coefficient (Wildman–Crippen LogP) is 3.53. The molecule has 0 saturated heterocycles. The van der Waals surface area contributed by atoms with Crippen molar-refractivity contribution in [2.45, 2.75) is 61.9 Å². The standard InChI is InChI=1S/C15H32O3S3/c1-12(19)4-7-16-10-15(18-9-6-14(3)21)11-17-8-5-13(2)20/h12-15,19-21H,4-11H2,1-3H3. The Bertz CT molecular complexity index is 210. The van der Waals surface area contributed by atoms with E-state index in [9.17, 15) is 0 Å². The molecule has 0 fully saturated rings. The molecule has 0 aromatic rings. The molecule has 128 valence electrons. The van der Waals surface area contributed by atoms with Gasteiger partial charge in [-0.15, -0.1) is 0 Å². The molecule has 0 aliphatic rings. The Hall–Kier alpha value is 0.930. The minimum absolute atomic E-state index is 0.0115. The molecule has 0 aromatic carbocycles. The van der Waals surface area contributed by atoms with Gasteiger partial charge in [-0.2, -0.15) is 37.9 Å². The third-order valence-corrected chi connectivity index (χ3v) is 3.63. The van der Waals surface area contributed by atoms with Crippen molar-refractivity contribution in [3.63, 3.8) is 0 Å². The van der Waals surface area contributed by atoms with E-state index in [2.05, 4.69) is 58.7 Å². The van der Waals surface area contributed by atoms with Crippen molar-refractivity contribution >= 4 is 37.9 Å². The highest BCUT2D eigenvalue weighted by Gasteiger charge is 2.11. The molecule has 0 heterocycles. The zero-order valence-corrected chi connectivity index (χ0v) is 16.2. The first-order chi connectivity index (χ1) is 9.91. The summed E-state index contributed by atoms with van der Waals surface area (Å²) in [6.45, 7) is 9.44. The third kappa shape index (κ3) is 17.1. The lowest BCUT2D eigenvalue weighted by Gasteiger charge is -2.19. The lowest BCUT2D eigenvalue weighted by atomic mass is 10.3. The van der Waals surface area contributed by atoms with E-state index < -0.39 is 0 Å². The quantitative estimate of drug-likeness (QED) is 0.328. The van der Waals surface area contributed by atoms with Gasteiger partial charge in [-0.05, 0) is 19.3 Å². The Morgan fingerprint density at radius 3 is 1.43 bits per heavy atom. The van der Waals surface area contributed by atoms with Crippen LogP contribution in [0.15, 0.2) is 0 Å². The van der Waals surface area contributed by atoms with Crippen LogP contribution in [0.5, 0.6) is 0 Å². The van der Waals surface area contributed by atoms with E-state index in [0.717, 1.165) is 19.3 Å². The van der Waals surface area contributed by atoms with E-state index in [1.165, 1.54) is 0 Å². The van der Waals surface area contributed by atoms with Crippen LogP contribution in [-0.4, -0.2) is 54.9 Å². The van der Waals surface area contributed by atoms with Gasteiger partial charge in [0.2, 0.25) is 0 Å². The molecular weight excluding hydrogens is 324 g/mol. The van der Waals surface area contributed by atoms with Crippen LogP contribution in [0.2, 0.25) is 0 Å². The summed E-state index contributed by atoms with van der Waals surface area (Å²) in [5.74, 6) is 0. The summed E-state index contributed by atoms with van der Waals surface area (Å²) in [6, 6.07) is 0. The van der Waals surface area contributed by atoms with Crippen LogP contribution in [0.25, 0.3) is 0 Å². The maximum absolute atomic E-state index is 5.83. The molecular formula is C15H32O3S3. The van der Waals surface area contributed by atoms with Crippen molar-refractivity contribution in [2.24, 2.45) is 0 Å². The first kappa shape index (κ1) is 21.9. The molecule has 21 heavy (non-hydrogen) atoms. The fourth-order valence-corrected chi connectivity index (χ4v) is 1.80. The highest BCUT2D eigenvalue weighted by Crippen LogP contribution is 2.05. The third-order valence-electron chi connectivity index (χ3n) is 2.86. The van der Waals surface area contributed by atoms with Crippen molar-refractivity contribution in [2.75, 3.05) is 33.0 Å². The maximum Gasteiger partial charge on any atom is 0.104 e. The number of hydrogen-bond donors (Lipinski definition) is 3. The topological polar surface area (TPSA) is 27.7 Å². The molecule has 0 radical (unpaired) electrons. The van der Waals surface area contributed by atoms with Crippen LogP contribution in [0.1, 0.15) is 40.0 Å². The maximum atomic E-state index is 5.83. The fourth-order valence-electron chi connectivity index (χ4n) is 1.49. The minimum Gasteiger partial charge on any atom is -0.379 e. The largest absolute Gasteiger partial charge is 0.379 e. The van der Waals surface area contributed by atoms with E-state index in [1.54, 1.807) is 0 Å². The molecule has 6 heteroatoms. The average Bonchev–Trinajstić information content (AvgIpc) is 2.37. The van der Waals surface area contributed by atoms with E-state index >= 15 is 0 Å². The van der Waals surface area contributed by atoms with Gasteiger partial charge in [0.05, 0.1) is 13.2 Å². The molecule has 0 bridgehead atoms. The second-order valence-corrected chi connectivity index (χ2v) is 8.20. The van der Waals surface area contributed by atoms with E-state index in [0.29, 0.717) is 48.8 Å². The summed E-state index contributed by atoms with van der Waals surface area (Å²) in [5.41, 5.74) is 0. The molecule has 0 saturated carbocycles. The predicted molar refractivity (Wildman–Crippen MR) is 101 cm³/mol. The summed E-state index contributed by atoms with van der Waals surface area (Å²) >= 11 is 13.0. The van der Waals surface area contributed by atoms with Gasteiger partial charge < -0.3 is 14.2 Å². The second-order valence-electron chi connectivity index (χ2n) is 5.56. The number of hydrogen-bond acceptors (Lipinski definition) is 6. The van der Waals surface area contributed by atoms with E-state index in [4.69, 9.17) is 14.2 Å². The zero-order valence-electron chi connectivity index (χ0n) is 13.5. The van der Waals surface area contributed by atoms with Gasteiger partial charge in [-0.3, -0.25) is 0 Å². The summed E-state index contributed by atoms with van der Waals surface area (Å²) in [4.78, 5) is 0. The molecule has 0 aliphatic carbocycles. The molecule has 3 unspecified atom stereocenters.